The summed E-state index contributed by atoms with van der Waals surface area (Å²) < 4.78 is 4.77. The van der Waals surface area contributed by atoms with Gasteiger partial charge in [-0.15, -0.1) is 16.9 Å². The van der Waals surface area contributed by atoms with Gasteiger partial charge in [-0.3, -0.25) is 9.59 Å². The molecule has 1 atom stereocenters. The van der Waals surface area contributed by atoms with Crippen LogP contribution in [-0.4, -0.2) is 27.0 Å². The summed E-state index contributed by atoms with van der Waals surface area (Å²) >= 11 is 1.25. The summed E-state index contributed by atoms with van der Waals surface area (Å²) in [5.41, 5.74) is 0.949. The van der Waals surface area contributed by atoms with Gasteiger partial charge < -0.3 is 4.42 Å². The summed E-state index contributed by atoms with van der Waals surface area (Å²) in [5, 5.41) is 5.36. The van der Waals surface area contributed by atoms with E-state index in [0.29, 0.717) is 11.1 Å². The lowest BCUT2D eigenvalue weighted by atomic mass is 9.89. The Morgan fingerprint density at radius 2 is 2.00 bits per heavy atom. The van der Waals surface area contributed by atoms with Gasteiger partial charge in [-0.2, -0.15) is 0 Å². The zero-order valence-electron chi connectivity index (χ0n) is 10.3. The van der Waals surface area contributed by atoms with Crippen molar-refractivity contribution in [1.29, 1.82) is 0 Å². The van der Waals surface area contributed by atoms with Gasteiger partial charge in [-0.1, -0.05) is 24.3 Å². The number of aromatic nitrogens is 2. The van der Waals surface area contributed by atoms with Crippen LogP contribution in [0.15, 0.2) is 33.5 Å². The Bertz CT molecular complexity index is 734. The molecule has 0 fully saturated rings. The van der Waals surface area contributed by atoms with Gasteiger partial charge in [0.1, 0.15) is 0 Å². The fraction of sp³-hybridized carbons (Fsp3) is 0.231. The number of Topliss-reactive ketones (excluding diaryl/α,β-unsaturated/α-hetero) is 2. The van der Waals surface area contributed by atoms with Crippen LogP contribution >= 0.6 is 11.8 Å². The van der Waals surface area contributed by atoms with E-state index < -0.39 is 11.0 Å². The van der Waals surface area contributed by atoms with Gasteiger partial charge in [-0.25, -0.2) is 9.89 Å². The molecule has 102 valence electrons. The van der Waals surface area contributed by atoms with Crippen molar-refractivity contribution >= 4 is 23.3 Å². The second-order valence-corrected chi connectivity index (χ2v) is 5.53. The summed E-state index contributed by atoms with van der Waals surface area (Å²) in [4.78, 5) is 35.1. The van der Waals surface area contributed by atoms with Gasteiger partial charge in [-0.05, 0) is 0 Å². The lowest BCUT2D eigenvalue weighted by molar-refractivity contribution is 0.0897. The standard InChI is InChI=1S/C13H10N2O4S/c16-9-5-10(20-6-11-14-15-13(18)19-11)12(17)8-4-2-1-3-7(8)9/h1-4,10H,5-6H2,(H,15,18). The number of thioether (sulfide) groups is 1. The normalized spacial score (nSPS) is 18.1. The lowest BCUT2D eigenvalue weighted by Gasteiger charge is -2.21. The van der Waals surface area contributed by atoms with Gasteiger partial charge in [0, 0.05) is 17.5 Å². The van der Waals surface area contributed by atoms with Crippen LogP contribution < -0.4 is 5.76 Å². The zero-order valence-corrected chi connectivity index (χ0v) is 11.1. The number of hydrogen-bond acceptors (Lipinski definition) is 6. The third-order valence-electron chi connectivity index (χ3n) is 3.05. The Hall–Kier alpha value is -2.15. The molecule has 1 N–H and O–H groups in total. The monoisotopic (exact) mass is 290 g/mol. The lowest BCUT2D eigenvalue weighted by Crippen LogP contribution is -2.29. The van der Waals surface area contributed by atoms with Crippen molar-refractivity contribution in [3.05, 3.63) is 51.8 Å². The van der Waals surface area contributed by atoms with E-state index >= 15 is 0 Å². The van der Waals surface area contributed by atoms with E-state index in [1.54, 1.807) is 24.3 Å². The average Bonchev–Trinajstić information content (AvgIpc) is 2.87. The highest BCUT2D eigenvalue weighted by molar-refractivity contribution is 7.99. The molecule has 0 radical (unpaired) electrons. The molecule has 1 unspecified atom stereocenters. The Morgan fingerprint density at radius 3 is 2.70 bits per heavy atom. The number of H-pyrrole nitrogens is 1. The zero-order chi connectivity index (χ0) is 14.1. The van der Waals surface area contributed by atoms with E-state index in [1.165, 1.54) is 11.8 Å². The highest BCUT2D eigenvalue weighted by Crippen LogP contribution is 2.30. The summed E-state index contributed by atoms with van der Waals surface area (Å²) in [6, 6.07) is 6.82. The highest BCUT2D eigenvalue weighted by atomic mass is 32.2. The van der Waals surface area contributed by atoms with Gasteiger partial charge >= 0.3 is 5.76 Å². The number of benzene rings is 1. The number of carbonyl (C=O) groups excluding carboxylic acids is 2. The molecule has 1 aliphatic carbocycles. The van der Waals surface area contributed by atoms with Crippen LogP contribution in [0.1, 0.15) is 33.0 Å². The quantitative estimate of drug-likeness (QED) is 0.919. The van der Waals surface area contributed by atoms with Crippen LogP contribution in [0, 0.1) is 0 Å². The van der Waals surface area contributed by atoms with Gasteiger partial charge in [0.15, 0.2) is 11.6 Å². The van der Waals surface area contributed by atoms with Crippen LogP contribution in [0.4, 0.5) is 0 Å². The van der Waals surface area contributed by atoms with Gasteiger partial charge in [0.25, 0.3) is 0 Å². The number of nitrogens with zero attached hydrogens (tertiary/aromatic N) is 1. The molecule has 3 rings (SSSR count). The van der Waals surface area contributed by atoms with Crippen LogP contribution in [0.3, 0.4) is 0 Å². The van der Waals surface area contributed by atoms with Crippen molar-refractivity contribution in [3.8, 4) is 0 Å². The van der Waals surface area contributed by atoms with Gasteiger partial charge in [0.2, 0.25) is 5.89 Å². The first kappa shape index (κ1) is 12.9. The molecule has 7 heteroatoms. The van der Waals surface area contributed by atoms with E-state index in [1.807, 2.05) is 0 Å². The number of nitrogens with one attached hydrogen (secondary N) is 1. The second-order valence-electron chi connectivity index (χ2n) is 4.34. The van der Waals surface area contributed by atoms with Crippen molar-refractivity contribution in [1.82, 2.24) is 10.2 Å². The van der Waals surface area contributed by atoms with Crippen LogP contribution in [0.5, 0.6) is 0 Å². The largest absolute Gasteiger partial charge is 0.434 e. The Labute approximate surface area is 117 Å². The molecule has 1 aromatic carbocycles. The van der Waals surface area contributed by atoms with Crippen LogP contribution in [0.2, 0.25) is 0 Å². The van der Waals surface area contributed by atoms with E-state index in [0.717, 1.165) is 0 Å². The van der Waals surface area contributed by atoms with Crippen molar-refractivity contribution in [2.45, 2.75) is 17.4 Å². The molecular formula is C13H10N2O4S. The Balaban J connectivity index is 1.78. The first-order valence-corrected chi connectivity index (χ1v) is 7.02. The predicted molar refractivity (Wildman–Crippen MR) is 71.9 cm³/mol. The number of fused-ring (bicyclic) bond motifs is 1. The maximum absolute atomic E-state index is 12.3. The molecule has 0 saturated carbocycles. The second kappa shape index (κ2) is 5.09. The molecule has 6 nitrogen and oxygen atoms in total. The molecular weight excluding hydrogens is 280 g/mol. The van der Waals surface area contributed by atoms with E-state index in [-0.39, 0.29) is 29.6 Å². The molecule has 0 aliphatic heterocycles. The Morgan fingerprint density at radius 1 is 1.25 bits per heavy atom. The van der Waals surface area contributed by atoms with Crippen molar-refractivity contribution in [2.75, 3.05) is 0 Å². The number of aromatic amines is 1. The van der Waals surface area contributed by atoms with Crippen molar-refractivity contribution < 1.29 is 14.0 Å². The average molecular weight is 290 g/mol. The topological polar surface area (TPSA) is 93.0 Å². The smallest absolute Gasteiger partial charge is 0.392 e. The molecule has 0 amide bonds. The minimum Gasteiger partial charge on any atom is -0.392 e. The first-order chi connectivity index (χ1) is 9.65. The minimum atomic E-state index is -0.628. The minimum absolute atomic E-state index is 0.0406. The number of rotatable bonds is 3. The van der Waals surface area contributed by atoms with Gasteiger partial charge in [0.05, 0.1) is 11.0 Å². The fourth-order valence-corrected chi connectivity index (χ4v) is 3.13. The third kappa shape index (κ3) is 2.32. The molecule has 1 aromatic heterocycles. The number of ketones is 2. The molecule has 1 aliphatic rings. The molecule has 0 spiro atoms. The molecule has 1 heterocycles. The molecule has 0 saturated heterocycles. The summed E-state index contributed by atoms with van der Waals surface area (Å²) in [6.45, 7) is 0. The fourth-order valence-electron chi connectivity index (χ4n) is 2.11. The van der Waals surface area contributed by atoms with E-state index in [4.69, 9.17) is 4.42 Å². The first-order valence-electron chi connectivity index (χ1n) is 5.97. The van der Waals surface area contributed by atoms with E-state index in [9.17, 15) is 14.4 Å². The molecule has 20 heavy (non-hydrogen) atoms. The molecule has 0 bridgehead atoms. The maximum atomic E-state index is 12.3. The predicted octanol–water partition coefficient (Wildman–Crippen LogP) is 1.43. The SMILES string of the molecule is O=C1CC(SCc2n[nH]c(=O)o2)C(=O)c2ccccc21. The third-order valence-corrected chi connectivity index (χ3v) is 4.24. The summed E-state index contributed by atoms with van der Waals surface area (Å²) in [5.74, 6) is -0.245. The van der Waals surface area contributed by atoms with Crippen LogP contribution in [0.25, 0.3) is 0 Å². The van der Waals surface area contributed by atoms with Crippen molar-refractivity contribution in [2.24, 2.45) is 0 Å². The summed E-state index contributed by atoms with van der Waals surface area (Å²) in [6.07, 6.45) is 0.162. The van der Waals surface area contributed by atoms with E-state index in [2.05, 4.69) is 10.2 Å². The highest BCUT2D eigenvalue weighted by Gasteiger charge is 2.32. The number of carbonyl (C=O) groups is 2. The maximum Gasteiger partial charge on any atom is 0.434 e. The van der Waals surface area contributed by atoms with Crippen molar-refractivity contribution in [3.63, 3.8) is 0 Å². The summed E-state index contributed by atoms with van der Waals surface area (Å²) in [7, 11) is 0. The van der Waals surface area contributed by atoms with Crippen LogP contribution in [-0.2, 0) is 5.75 Å². The molecule has 2 aromatic rings. The number of hydrogen-bond donors (Lipinski definition) is 1. The Kier molecular flexibility index (Phi) is 3.27.